The fourth-order valence-electron chi connectivity index (χ4n) is 11.8. The third-order valence-electron chi connectivity index (χ3n) is 13.1. The van der Waals surface area contributed by atoms with Crippen LogP contribution in [0.15, 0.2) is 0 Å². The first-order valence-electron chi connectivity index (χ1n) is 17.3. The van der Waals surface area contributed by atoms with Crippen LogP contribution in [0.4, 0.5) is 0 Å². The van der Waals surface area contributed by atoms with Crippen molar-refractivity contribution in [2.45, 2.75) is 177 Å². The summed E-state index contributed by atoms with van der Waals surface area (Å²) in [5.74, 6) is 4.58. The summed E-state index contributed by atoms with van der Waals surface area (Å²) in [5, 5.41) is 2.91. The average molecular weight is 531 g/mol. The second-order valence-electron chi connectivity index (χ2n) is 14.5. The summed E-state index contributed by atoms with van der Waals surface area (Å²) in [6.07, 6.45) is 41.9. The lowest BCUT2D eigenvalue weighted by molar-refractivity contribution is 0.255. The van der Waals surface area contributed by atoms with Crippen molar-refractivity contribution in [1.29, 1.82) is 0 Å². The molecule has 0 nitrogen and oxygen atoms in total. The predicted octanol–water partition coefficient (Wildman–Crippen LogP) is 11.7. The van der Waals surface area contributed by atoms with Crippen molar-refractivity contribution in [3.05, 3.63) is 0 Å². The van der Waals surface area contributed by atoms with E-state index in [9.17, 15) is 0 Å². The second kappa shape index (κ2) is 12.2. The smallest absolute Gasteiger partial charge is 0.000450 e. The molecule has 206 valence electrons. The molecule has 0 aromatic heterocycles. The van der Waals surface area contributed by atoms with Gasteiger partial charge < -0.3 is 0 Å². The third-order valence-corrected chi connectivity index (χ3v) is 22.3. The molecule has 0 spiro atoms. The first kappa shape index (κ1) is 27.1. The molecule has 0 radical (unpaired) electrons. The number of hydrogen-bond acceptors (Lipinski definition) is 0. The largest absolute Gasteiger partial charge is 0.0922 e. The summed E-state index contributed by atoms with van der Waals surface area (Å²) >= 11 is 0. The van der Waals surface area contributed by atoms with E-state index in [1.165, 1.54) is 18.2 Å². The first-order chi connectivity index (χ1) is 17.8. The molecule has 2 atom stereocenters. The fourth-order valence-corrected chi connectivity index (χ4v) is 23.5. The predicted molar refractivity (Wildman–Crippen MR) is 163 cm³/mol. The SMILES string of the molecule is CCCCCC(P1CCCC1(C1CCCC1)C1CCCC1)P1CCCC1(C1CCCC1)C1CCCC1. The van der Waals surface area contributed by atoms with Crippen LogP contribution in [0.1, 0.15) is 161 Å². The van der Waals surface area contributed by atoms with Crippen LogP contribution in [0.5, 0.6) is 0 Å². The lowest BCUT2D eigenvalue weighted by Crippen LogP contribution is -2.44. The molecule has 0 N–H and O–H groups in total. The van der Waals surface area contributed by atoms with E-state index in [2.05, 4.69) is 6.92 Å². The van der Waals surface area contributed by atoms with Gasteiger partial charge in [0.1, 0.15) is 0 Å². The zero-order valence-electron chi connectivity index (χ0n) is 24.2. The van der Waals surface area contributed by atoms with Crippen LogP contribution in [-0.4, -0.2) is 28.0 Å². The molecule has 4 aliphatic carbocycles. The second-order valence-corrected chi connectivity index (χ2v) is 20.6. The summed E-state index contributed by atoms with van der Waals surface area (Å²) in [6, 6.07) is 0. The van der Waals surface area contributed by atoms with Crippen molar-refractivity contribution in [2.24, 2.45) is 23.7 Å². The van der Waals surface area contributed by atoms with Gasteiger partial charge in [0, 0.05) is 5.40 Å². The van der Waals surface area contributed by atoms with E-state index >= 15 is 0 Å². The van der Waals surface area contributed by atoms with E-state index in [0.29, 0.717) is 0 Å². The molecule has 2 heteroatoms. The summed E-state index contributed by atoms with van der Waals surface area (Å²) in [7, 11) is 0.471. The maximum atomic E-state index is 2.46. The Kier molecular flexibility index (Phi) is 9.14. The van der Waals surface area contributed by atoms with Crippen molar-refractivity contribution in [2.75, 3.05) is 12.3 Å². The highest BCUT2D eigenvalue weighted by Crippen LogP contribution is 2.82. The van der Waals surface area contributed by atoms with E-state index in [1.54, 1.807) is 154 Å². The van der Waals surface area contributed by atoms with Crippen LogP contribution in [0.3, 0.4) is 0 Å². The van der Waals surface area contributed by atoms with E-state index in [4.69, 9.17) is 0 Å². The van der Waals surface area contributed by atoms with Crippen molar-refractivity contribution in [3.8, 4) is 0 Å². The molecular formula is C34H60P2. The number of hydrogen-bond donors (Lipinski definition) is 0. The first-order valence-corrected chi connectivity index (χ1v) is 20.5. The van der Waals surface area contributed by atoms with Crippen LogP contribution < -0.4 is 0 Å². The molecule has 6 rings (SSSR count). The van der Waals surface area contributed by atoms with Gasteiger partial charge in [0.05, 0.1) is 0 Å². The molecule has 36 heavy (non-hydrogen) atoms. The van der Waals surface area contributed by atoms with Gasteiger partial charge in [-0.05, 0) is 130 Å². The minimum absolute atomic E-state index is 0.236. The van der Waals surface area contributed by atoms with Crippen molar-refractivity contribution in [3.63, 3.8) is 0 Å². The van der Waals surface area contributed by atoms with Crippen LogP contribution in [0, 0.1) is 23.7 Å². The lowest BCUT2D eigenvalue weighted by Gasteiger charge is -2.55. The van der Waals surface area contributed by atoms with E-state index in [0.717, 1.165) is 34.0 Å². The average Bonchev–Trinajstić information content (AvgIpc) is 3.75. The fraction of sp³-hybridized carbons (Fsp3) is 1.00. The van der Waals surface area contributed by atoms with Gasteiger partial charge in [-0.2, -0.15) is 0 Å². The molecule has 6 aliphatic rings. The van der Waals surface area contributed by atoms with Crippen LogP contribution in [0.2, 0.25) is 0 Å². The Hall–Kier alpha value is 0.860. The molecule has 6 fully saturated rings. The number of rotatable bonds is 10. The van der Waals surface area contributed by atoms with Crippen LogP contribution in [0.25, 0.3) is 0 Å². The Morgan fingerprint density at radius 1 is 0.528 bits per heavy atom. The standard InChI is InChI=1S/C34H60P2/c1-2-3-4-23-32(35-26-13-24-33(35,28-15-5-6-16-28)29-17-7-8-18-29)36-27-14-25-34(36,30-19-9-10-20-30)31-21-11-12-22-31/h28-32H,2-27H2,1H3. The van der Waals surface area contributed by atoms with Crippen LogP contribution >= 0.6 is 15.8 Å². The van der Waals surface area contributed by atoms with Crippen LogP contribution in [-0.2, 0) is 0 Å². The monoisotopic (exact) mass is 530 g/mol. The lowest BCUT2D eigenvalue weighted by atomic mass is 9.76. The van der Waals surface area contributed by atoms with Gasteiger partial charge in [-0.25, -0.2) is 0 Å². The van der Waals surface area contributed by atoms with E-state index in [-0.39, 0.29) is 15.8 Å². The van der Waals surface area contributed by atoms with E-state index in [1.807, 2.05) is 0 Å². The summed E-state index contributed by atoms with van der Waals surface area (Å²) < 4.78 is 0. The maximum Gasteiger partial charge on any atom is 0.000450 e. The van der Waals surface area contributed by atoms with Gasteiger partial charge >= 0.3 is 0 Å². The Morgan fingerprint density at radius 2 is 0.889 bits per heavy atom. The Bertz CT molecular complexity index is 591. The molecule has 0 amide bonds. The molecule has 2 aliphatic heterocycles. The molecule has 0 aromatic carbocycles. The van der Waals surface area contributed by atoms with Gasteiger partial charge in [0.25, 0.3) is 0 Å². The zero-order chi connectivity index (χ0) is 24.4. The van der Waals surface area contributed by atoms with Crippen molar-refractivity contribution >= 4 is 15.8 Å². The molecule has 0 bridgehead atoms. The quantitative estimate of drug-likeness (QED) is 0.195. The molecule has 2 unspecified atom stereocenters. The molecule has 2 heterocycles. The van der Waals surface area contributed by atoms with Crippen molar-refractivity contribution < 1.29 is 0 Å². The highest BCUT2D eigenvalue weighted by atomic mass is 31.2. The molecule has 4 saturated carbocycles. The highest BCUT2D eigenvalue weighted by Gasteiger charge is 2.61. The summed E-state index contributed by atoms with van der Waals surface area (Å²) in [6.45, 7) is 2.46. The third kappa shape index (κ3) is 4.74. The van der Waals surface area contributed by atoms with Gasteiger partial charge in [0.2, 0.25) is 0 Å². The Balaban J connectivity index is 1.39. The van der Waals surface area contributed by atoms with Gasteiger partial charge in [0.15, 0.2) is 0 Å². The Morgan fingerprint density at radius 3 is 1.22 bits per heavy atom. The number of unbranched alkanes of at least 4 members (excludes halogenated alkanes) is 2. The summed E-state index contributed by atoms with van der Waals surface area (Å²) in [5.41, 5.74) is 0. The molecule has 2 saturated heterocycles. The maximum absolute atomic E-state index is 2.46. The molecular weight excluding hydrogens is 470 g/mol. The molecule has 0 aromatic rings. The highest BCUT2D eigenvalue weighted by molar-refractivity contribution is 7.77. The minimum Gasteiger partial charge on any atom is -0.0922 e. The summed E-state index contributed by atoms with van der Waals surface area (Å²) in [4.78, 5) is 0. The topological polar surface area (TPSA) is 0 Å². The van der Waals surface area contributed by atoms with Gasteiger partial charge in [-0.15, -0.1) is 0 Å². The van der Waals surface area contributed by atoms with Gasteiger partial charge in [-0.3, -0.25) is 0 Å². The Labute approximate surface area is 228 Å². The minimum atomic E-state index is 0.236. The van der Waals surface area contributed by atoms with E-state index < -0.39 is 0 Å². The normalized spacial score (nSPS) is 34.9. The van der Waals surface area contributed by atoms with Gasteiger partial charge in [-0.1, -0.05) is 93.4 Å². The van der Waals surface area contributed by atoms with Crippen molar-refractivity contribution in [1.82, 2.24) is 0 Å². The zero-order valence-corrected chi connectivity index (χ0v) is 26.0.